The van der Waals surface area contributed by atoms with Crippen molar-refractivity contribution in [3.05, 3.63) is 12.2 Å². The minimum absolute atomic E-state index is 0.0571. The molecule has 0 spiro atoms. The fraction of sp³-hybridized carbons (Fsp3) is 0.625. The van der Waals surface area contributed by atoms with Crippen LogP contribution in [0, 0.1) is 0 Å². The molecular formula is C8H10F4O2. The molecule has 0 unspecified atom stereocenters. The minimum Gasteiger partial charge on any atom is -0.456 e. The third-order valence-electron chi connectivity index (χ3n) is 1.38. The van der Waals surface area contributed by atoms with Gasteiger partial charge in [0.1, 0.15) is 0 Å². The van der Waals surface area contributed by atoms with Crippen molar-refractivity contribution in [2.45, 2.75) is 25.7 Å². The molecule has 0 saturated heterocycles. The Hall–Kier alpha value is -1.07. The molecule has 0 rings (SSSR count). The Kier molecular flexibility index (Phi) is 3.67. The zero-order valence-corrected chi connectivity index (χ0v) is 7.74. The number of alkyl halides is 4. The van der Waals surface area contributed by atoms with Gasteiger partial charge in [0.2, 0.25) is 0 Å². The summed E-state index contributed by atoms with van der Waals surface area (Å²) in [4.78, 5) is 10.6. The predicted octanol–water partition coefficient (Wildman–Crippen LogP) is 2.40. The Morgan fingerprint density at radius 3 is 2.07 bits per heavy atom. The molecule has 0 aromatic rings. The van der Waals surface area contributed by atoms with Gasteiger partial charge in [-0.1, -0.05) is 6.58 Å². The van der Waals surface area contributed by atoms with Gasteiger partial charge < -0.3 is 4.74 Å². The maximum Gasteiger partial charge on any atom is 0.343 e. The second-order valence-corrected chi connectivity index (χ2v) is 2.95. The molecule has 0 aliphatic heterocycles. The highest BCUT2D eigenvalue weighted by Crippen LogP contribution is 2.33. The second-order valence-electron chi connectivity index (χ2n) is 2.95. The maximum atomic E-state index is 12.5. The lowest BCUT2D eigenvalue weighted by molar-refractivity contribution is -0.221. The molecule has 6 heteroatoms. The third kappa shape index (κ3) is 3.35. The third-order valence-corrected chi connectivity index (χ3v) is 1.38. The zero-order valence-electron chi connectivity index (χ0n) is 7.74. The van der Waals surface area contributed by atoms with Crippen molar-refractivity contribution in [1.29, 1.82) is 0 Å². The molecule has 0 atom stereocenters. The van der Waals surface area contributed by atoms with E-state index in [1.54, 1.807) is 0 Å². The van der Waals surface area contributed by atoms with Gasteiger partial charge in [-0.3, -0.25) is 0 Å². The number of esters is 1. The monoisotopic (exact) mass is 214 g/mol. The van der Waals surface area contributed by atoms with E-state index in [1.807, 2.05) is 0 Å². The lowest BCUT2D eigenvalue weighted by Gasteiger charge is -2.22. The van der Waals surface area contributed by atoms with Gasteiger partial charge in [0, 0.05) is 12.5 Å². The number of hydrogen-bond acceptors (Lipinski definition) is 2. The zero-order chi connectivity index (χ0) is 11.6. The van der Waals surface area contributed by atoms with Crippen molar-refractivity contribution in [3.63, 3.8) is 0 Å². The molecule has 0 aromatic carbocycles. The van der Waals surface area contributed by atoms with Gasteiger partial charge in [-0.15, -0.1) is 0 Å². The SMILES string of the molecule is C=C(C)C(=O)OCC(F)(F)C(C)(F)F. The molecular weight excluding hydrogens is 204 g/mol. The van der Waals surface area contributed by atoms with E-state index in [-0.39, 0.29) is 12.5 Å². The molecule has 0 N–H and O–H groups in total. The quantitative estimate of drug-likeness (QED) is 0.408. The average molecular weight is 214 g/mol. The molecule has 0 bridgehead atoms. The lowest BCUT2D eigenvalue weighted by atomic mass is 10.2. The van der Waals surface area contributed by atoms with Crippen LogP contribution in [0.25, 0.3) is 0 Å². The molecule has 82 valence electrons. The smallest absolute Gasteiger partial charge is 0.343 e. The normalized spacial score (nSPS) is 12.4. The van der Waals surface area contributed by atoms with Crippen molar-refractivity contribution in [2.24, 2.45) is 0 Å². The highest BCUT2D eigenvalue weighted by Gasteiger charge is 2.53. The summed E-state index contributed by atoms with van der Waals surface area (Å²) < 4.78 is 53.3. The first-order valence-electron chi connectivity index (χ1n) is 3.66. The van der Waals surface area contributed by atoms with Crippen LogP contribution in [-0.2, 0) is 9.53 Å². The summed E-state index contributed by atoms with van der Waals surface area (Å²) in [5.74, 6) is -9.70. The predicted molar refractivity (Wildman–Crippen MR) is 41.3 cm³/mol. The van der Waals surface area contributed by atoms with E-state index < -0.39 is 24.4 Å². The Balaban J connectivity index is 4.27. The van der Waals surface area contributed by atoms with Gasteiger partial charge in [0.25, 0.3) is 0 Å². The van der Waals surface area contributed by atoms with Crippen LogP contribution in [0.1, 0.15) is 13.8 Å². The summed E-state index contributed by atoms with van der Waals surface area (Å²) in [6, 6.07) is 0. The highest BCUT2D eigenvalue weighted by atomic mass is 19.3. The van der Waals surface area contributed by atoms with Crippen molar-refractivity contribution in [3.8, 4) is 0 Å². The molecule has 0 heterocycles. The van der Waals surface area contributed by atoms with Crippen LogP contribution in [0.2, 0.25) is 0 Å². The second kappa shape index (κ2) is 3.98. The fourth-order valence-electron chi connectivity index (χ4n) is 0.406. The van der Waals surface area contributed by atoms with Gasteiger partial charge in [0.05, 0.1) is 0 Å². The number of carbonyl (C=O) groups is 1. The van der Waals surface area contributed by atoms with E-state index in [0.29, 0.717) is 0 Å². The standard InChI is InChI=1S/C8H10F4O2/c1-5(2)6(13)14-4-8(11,12)7(3,9)10/h1,4H2,2-3H3. The van der Waals surface area contributed by atoms with E-state index in [0.717, 1.165) is 0 Å². The van der Waals surface area contributed by atoms with Crippen molar-refractivity contribution in [2.75, 3.05) is 6.61 Å². The molecule has 0 aliphatic rings. The number of halogens is 4. The highest BCUT2D eigenvalue weighted by molar-refractivity contribution is 5.86. The van der Waals surface area contributed by atoms with E-state index >= 15 is 0 Å². The Labute approximate surface area is 78.5 Å². The van der Waals surface area contributed by atoms with Gasteiger partial charge >= 0.3 is 17.8 Å². The first kappa shape index (κ1) is 12.9. The van der Waals surface area contributed by atoms with Crippen LogP contribution in [0.4, 0.5) is 17.6 Å². The maximum absolute atomic E-state index is 12.5. The van der Waals surface area contributed by atoms with Crippen LogP contribution in [-0.4, -0.2) is 24.4 Å². The summed E-state index contributed by atoms with van der Waals surface area (Å²) in [7, 11) is 0. The molecule has 0 aliphatic carbocycles. The first-order valence-corrected chi connectivity index (χ1v) is 3.66. The number of hydrogen-bond donors (Lipinski definition) is 0. The van der Waals surface area contributed by atoms with Crippen LogP contribution in [0.15, 0.2) is 12.2 Å². The Morgan fingerprint density at radius 2 is 1.79 bits per heavy atom. The molecule has 0 fully saturated rings. The lowest BCUT2D eigenvalue weighted by Crippen LogP contribution is -2.42. The fourth-order valence-corrected chi connectivity index (χ4v) is 0.406. The summed E-state index contributed by atoms with van der Waals surface area (Å²) in [5, 5.41) is 0. The first-order chi connectivity index (χ1) is 6.08. The van der Waals surface area contributed by atoms with Gasteiger partial charge in [-0.2, -0.15) is 8.78 Å². The van der Waals surface area contributed by atoms with Crippen LogP contribution >= 0.6 is 0 Å². The summed E-state index contributed by atoms with van der Waals surface area (Å²) in [6.45, 7) is 2.74. The number of rotatable bonds is 4. The summed E-state index contributed by atoms with van der Waals surface area (Å²) in [6.07, 6.45) is 0. The molecule has 0 radical (unpaired) electrons. The molecule has 14 heavy (non-hydrogen) atoms. The van der Waals surface area contributed by atoms with E-state index in [9.17, 15) is 22.4 Å². The number of ether oxygens (including phenoxy) is 1. The Bertz CT molecular complexity index is 242. The van der Waals surface area contributed by atoms with Gasteiger partial charge in [-0.25, -0.2) is 13.6 Å². The van der Waals surface area contributed by atoms with Gasteiger partial charge in [-0.05, 0) is 6.92 Å². The molecule has 0 aromatic heterocycles. The topological polar surface area (TPSA) is 26.3 Å². The van der Waals surface area contributed by atoms with Crippen molar-refractivity contribution >= 4 is 5.97 Å². The molecule has 0 saturated carbocycles. The summed E-state index contributed by atoms with van der Waals surface area (Å²) in [5.41, 5.74) is -0.125. The van der Waals surface area contributed by atoms with Crippen LogP contribution in [0.3, 0.4) is 0 Å². The average Bonchev–Trinajstić information content (AvgIpc) is 1.97. The summed E-state index contributed by atoms with van der Waals surface area (Å²) >= 11 is 0. The minimum atomic E-state index is -4.36. The van der Waals surface area contributed by atoms with Crippen LogP contribution < -0.4 is 0 Å². The number of carbonyl (C=O) groups excluding carboxylic acids is 1. The van der Waals surface area contributed by atoms with E-state index in [1.165, 1.54) is 6.92 Å². The van der Waals surface area contributed by atoms with E-state index in [2.05, 4.69) is 11.3 Å². The largest absolute Gasteiger partial charge is 0.456 e. The van der Waals surface area contributed by atoms with Crippen molar-refractivity contribution < 1.29 is 27.1 Å². The van der Waals surface area contributed by atoms with Crippen molar-refractivity contribution in [1.82, 2.24) is 0 Å². The van der Waals surface area contributed by atoms with Gasteiger partial charge in [0.15, 0.2) is 6.61 Å². The van der Waals surface area contributed by atoms with E-state index in [4.69, 9.17) is 0 Å². The van der Waals surface area contributed by atoms with Crippen LogP contribution in [0.5, 0.6) is 0 Å². The molecule has 0 amide bonds. The Morgan fingerprint density at radius 1 is 1.36 bits per heavy atom. The molecule has 2 nitrogen and oxygen atoms in total.